The molecule has 0 amide bonds. The topological polar surface area (TPSA) is 60.9 Å². The van der Waals surface area contributed by atoms with Gasteiger partial charge in [-0.2, -0.15) is 5.10 Å². The zero-order valence-corrected chi connectivity index (χ0v) is 8.73. The summed E-state index contributed by atoms with van der Waals surface area (Å²) in [4.78, 5) is 11.4. The number of nitrogen functional groups attached to an aromatic ring is 1. The molecular weight excluding hydrogens is 228 g/mol. The molecular formula is C11H9F2N3O. The summed E-state index contributed by atoms with van der Waals surface area (Å²) in [6.07, 6.45) is 0. The molecule has 4 nitrogen and oxygen atoms in total. The predicted molar refractivity (Wildman–Crippen MR) is 58.4 cm³/mol. The Morgan fingerprint density at radius 2 is 1.82 bits per heavy atom. The lowest BCUT2D eigenvalue weighted by Gasteiger charge is -2.07. The molecule has 0 saturated heterocycles. The van der Waals surface area contributed by atoms with Crippen molar-refractivity contribution in [1.29, 1.82) is 0 Å². The second-order valence-corrected chi connectivity index (χ2v) is 3.45. The standard InChI is InChI=1S/C11H9F2N3O/c12-8-2-1-3-9(13)7(8)6-16-11(17)5-4-10(14)15-16/h1-5H,6H2,(H2,14,15). The molecule has 0 unspecified atom stereocenters. The van der Waals surface area contributed by atoms with E-state index in [2.05, 4.69) is 5.10 Å². The predicted octanol–water partition coefficient (Wildman–Crippen LogP) is 1.15. The Morgan fingerprint density at radius 3 is 2.47 bits per heavy atom. The number of nitrogens with two attached hydrogens (primary N) is 1. The van der Waals surface area contributed by atoms with Crippen molar-refractivity contribution < 1.29 is 8.78 Å². The van der Waals surface area contributed by atoms with E-state index in [4.69, 9.17) is 5.73 Å². The number of hydrogen-bond acceptors (Lipinski definition) is 3. The van der Waals surface area contributed by atoms with Crippen LogP contribution in [-0.4, -0.2) is 9.78 Å². The van der Waals surface area contributed by atoms with E-state index in [1.807, 2.05) is 0 Å². The van der Waals surface area contributed by atoms with Gasteiger partial charge in [-0.3, -0.25) is 4.79 Å². The largest absolute Gasteiger partial charge is 0.382 e. The van der Waals surface area contributed by atoms with Gasteiger partial charge in [0, 0.05) is 11.6 Å². The first-order chi connectivity index (χ1) is 8.08. The molecule has 2 N–H and O–H groups in total. The highest BCUT2D eigenvalue weighted by Crippen LogP contribution is 2.12. The summed E-state index contributed by atoms with van der Waals surface area (Å²) in [6.45, 7) is -0.289. The molecule has 0 radical (unpaired) electrons. The molecule has 0 bridgehead atoms. The van der Waals surface area contributed by atoms with E-state index in [0.29, 0.717) is 0 Å². The van der Waals surface area contributed by atoms with Crippen LogP contribution in [0.2, 0.25) is 0 Å². The zero-order valence-electron chi connectivity index (χ0n) is 8.73. The van der Waals surface area contributed by atoms with Gasteiger partial charge in [0.1, 0.15) is 17.5 Å². The summed E-state index contributed by atoms with van der Waals surface area (Å²) >= 11 is 0. The van der Waals surface area contributed by atoms with Gasteiger partial charge in [0.2, 0.25) is 0 Å². The van der Waals surface area contributed by atoms with E-state index in [-0.39, 0.29) is 17.9 Å². The highest BCUT2D eigenvalue weighted by molar-refractivity contribution is 5.25. The van der Waals surface area contributed by atoms with E-state index >= 15 is 0 Å². The second kappa shape index (κ2) is 4.32. The fraction of sp³-hybridized carbons (Fsp3) is 0.0909. The smallest absolute Gasteiger partial charge is 0.267 e. The van der Waals surface area contributed by atoms with Crippen LogP contribution in [0.3, 0.4) is 0 Å². The third-order valence-electron chi connectivity index (χ3n) is 2.26. The van der Waals surface area contributed by atoms with Crippen molar-refractivity contribution in [3.8, 4) is 0 Å². The van der Waals surface area contributed by atoms with Crippen LogP contribution in [0.15, 0.2) is 35.1 Å². The highest BCUT2D eigenvalue weighted by atomic mass is 19.1. The van der Waals surface area contributed by atoms with Crippen LogP contribution >= 0.6 is 0 Å². The minimum atomic E-state index is -0.721. The number of aromatic nitrogens is 2. The molecule has 0 fully saturated rings. The molecule has 0 saturated carbocycles. The van der Waals surface area contributed by atoms with Crippen LogP contribution in [0.25, 0.3) is 0 Å². The number of anilines is 1. The second-order valence-electron chi connectivity index (χ2n) is 3.45. The van der Waals surface area contributed by atoms with Crippen molar-refractivity contribution in [3.05, 3.63) is 57.9 Å². The summed E-state index contributed by atoms with van der Waals surface area (Å²) in [5.74, 6) is -1.33. The Bertz CT molecular complexity index is 590. The van der Waals surface area contributed by atoms with E-state index in [0.717, 1.165) is 16.8 Å². The number of halogens is 2. The number of hydrogen-bond donors (Lipinski definition) is 1. The summed E-state index contributed by atoms with van der Waals surface area (Å²) < 4.78 is 27.6. The van der Waals surface area contributed by atoms with Crippen molar-refractivity contribution in [2.75, 3.05) is 5.73 Å². The van der Waals surface area contributed by atoms with Crippen molar-refractivity contribution in [2.24, 2.45) is 0 Å². The molecule has 0 aliphatic carbocycles. The molecule has 6 heteroatoms. The van der Waals surface area contributed by atoms with Crippen LogP contribution in [0.5, 0.6) is 0 Å². The third-order valence-corrected chi connectivity index (χ3v) is 2.26. The molecule has 0 aliphatic rings. The monoisotopic (exact) mass is 237 g/mol. The van der Waals surface area contributed by atoms with E-state index in [9.17, 15) is 13.6 Å². The summed E-state index contributed by atoms with van der Waals surface area (Å²) in [6, 6.07) is 6.02. The van der Waals surface area contributed by atoms with Crippen molar-refractivity contribution in [1.82, 2.24) is 9.78 Å². The average molecular weight is 237 g/mol. The van der Waals surface area contributed by atoms with Gasteiger partial charge in [0.15, 0.2) is 0 Å². The first kappa shape index (κ1) is 11.3. The first-order valence-corrected chi connectivity index (χ1v) is 4.84. The van der Waals surface area contributed by atoms with Gasteiger partial charge < -0.3 is 5.73 Å². The normalized spacial score (nSPS) is 10.5. The lowest BCUT2D eigenvalue weighted by atomic mass is 10.2. The Kier molecular flexibility index (Phi) is 2.86. The fourth-order valence-electron chi connectivity index (χ4n) is 1.41. The Balaban J connectivity index is 2.45. The minimum absolute atomic E-state index is 0.112. The maximum absolute atomic E-state index is 13.4. The van der Waals surface area contributed by atoms with Crippen LogP contribution in [0, 0.1) is 11.6 Å². The van der Waals surface area contributed by atoms with Gasteiger partial charge in [-0.1, -0.05) is 6.07 Å². The summed E-state index contributed by atoms with van der Waals surface area (Å²) in [5.41, 5.74) is 4.71. The van der Waals surface area contributed by atoms with Crippen LogP contribution in [-0.2, 0) is 6.54 Å². The van der Waals surface area contributed by atoms with Gasteiger partial charge in [-0.05, 0) is 18.2 Å². The van der Waals surface area contributed by atoms with Gasteiger partial charge >= 0.3 is 0 Å². The average Bonchev–Trinajstić information content (AvgIpc) is 2.28. The van der Waals surface area contributed by atoms with Crippen LogP contribution in [0.1, 0.15) is 5.56 Å². The summed E-state index contributed by atoms with van der Waals surface area (Å²) in [5, 5.41) is 3.70. The molecule has 2 aromatic rings. The Labute approximate surface area is 95.3 Å². The first-order valence-electron chi connectivity index (χ1n) is 4.84. The van der Waals surface area contributed by atoms with E-state index in [1.165, 1.54) is 18.2 Å². The van der Waals surface area contributed by atoms with Crippen LogP contribution < -0.4 is 11.3 Å². The quantitative estimate of drug-likeness (QED) is 0.852. The minimum Gasteiger partial charge on any atom is -0.382 e. The molecule has 1 aromatic heterocycles. The van der Waals surface area contributed by atoms with E-state index < -0.39 is 17.2 Å². The van der Waals surface area contributed by atoms with Gasteiger partial charge in [0.05, 0.1) is 6.54 Å². The SMILES string of the molecule is Nc1ccc(=O)n(Cc2c(F)cccc2F)n1. The van der Waals surface area contributed by atoms with Gasteiger partial charge in [-0.25, -0.2) is 13.5 Å². The molecule has 1 aromatic carbocycles. The molecule has 2 rings (SSSR count). The number of nitrogens with zero attached hydrogens (tertiary/aromatic N) is 2. The molecule has 0 spiro atoms. The van der Waals surface area contributed by atoms with Crippen LogP contribution in [0.4, 0.5) is 14.6 Å². The molecule has 0 atom stereocenters. The van der Waals surface area contributed by atoms with Gasteiger partial charge in [-0.15, -0.1) is 0 Å². The van der Waals surface area contributed by atoms with Crippen molar-refractivity contribution in [3.63, 3.8) is 0 Å². The van der Waals surface area contributed by atoms with E-state index in [1.54, 1.807) is 0 Å². The number of rotatable bonds is 2. The fourth-order valence-corrected chi connectivity index (χ4v) is 1.41. The molecule has 88 valence electrons. The highest BCUT2D eigenvalue weighted by Gasteiger charge is 2.10. The Hall–Kier alpha value is -2.24. The zero-order chi connectivity index (χ0) is 12.4. The lowest BCUT2D eigenvalue weighted by molar-refractivity contribution is 0.525. The summed E-state index contributed by atoms with van der Waals surface area (Å²) in [7, 11) is 0. The van der Waals surface area contributed by atoms with Gasteiger partial charge in [0.25, 0.3) is 5.56 Å². The molecule has 0 aliphatic heterocycles. The third kappa shape index (κ3) is 2.30. The number of benzene rings is 1. The Morgan fingerprint density at radius 1 is 1.18 bits per heavy atom. The molecule has 1 heterocycles. The molecule has 17 heavy (non-hydrogen) atoms. The maximum atomic E-state index is 13.4. The van der Waals surface area contributed by atoms with Crippen molar-refractivity contribution >= 4 is 5.82 Å². The van der Waals surface area contributed by atoms with Crippen molar-refractivity contribution in [2.45, 2.75) is 6.54 Å². The lowest BCUT2D eigenvalue weighted by Crippen LogP contribution is -2.24. The maximum Gasteiger partial charge on any atom is 0.267 e.